The highest BCUT2D eigenvalue weighted by atomic mass is 35.5. The van der Waals surface area contributed by atoms with Gasteiger partial charge in [-0.1, -0.05) is 41.4 Å². The third-order valence-corrected chi connectivity index (χ3v) is 4.08. The summed E-state index contributed by atoms with van der Waals surface area (Å²) in [6.45, 7) is 4.93. The Morgan fingerprint density at radius 3 is 2.71 bits per heavy atom. The molecule has 1 heterocycles. The van der Waals surface area contributed by atoms with Crippen molar-refractivity contribution >= 4 is 28.8 Å². The number of rotatable bonds is 3. The summed E-state index contributed by atoms with van der Waals surface area (Å²) in [5.74, 6) is 0. The number of aryl methyl sites for hydroxylation is 2. The van der Waals surface area contributed by atoms with E-state index in [4.69, 9.17) is 11.6 Å². The van der Waals surface area contributed by atoms with Crippen molar-refractivity contribution in [1.29, 1.82) is 0 Å². The molecule has 2 nitrogen and oxygen atoms in total. The molecular weight excluding hydrogens is 282 g/mol. The minimum absolute atomic E-state index is 0.681. The highest BCUT2D eigenvalue weighted by Crippen LogP contribution is 2.25. The van der Waals surface area contributed by atoms with Crippen molar-refractivity contribution in [2.45, 2.75) is 20.4 Å². The number of aldehydes is 1. The lowest BCUT2D eigenvalue weighted by atomic mass is 10.1. The number of hydrogen-bond acceptors (Lipinski definition) is 1. The zero-order chi connectivity index (χ0) is 15.0. The zero-order valence-electron chi connectivity index (χ0n) is 12.1. The van der Waals surface area contributed by atoms with Crippen molar-refractivity contribution in [3.8, 4) is 0 Å². The molecule has 0 unspecified atom stereocenters. The number of carbonyl (C=O) groups is 1. The van der Waals surface area contributed by atoms with Gasteiger partial charge in [-0.25, -0.2) is 0 Å². The summed E-state index contributed by atoms with van der Waals surface area (Å²) in [6, 6.07) is 12.1. The molecule has 3 heteroatoms. The highest BCUT2D eigenvalue weighted by molar-refractivity contribution is 6.31. The molecule has 21 heavy (non-hydrogen) atoms. The highest BCUT2D eigenvalue weighted by Gasteiger charge is 2.10. The molecule has 2 aromatic carbocycles. The maximum atomic E-state index is 11.2. The molecule has 0 aliphatic heterocycles. The third kappa shape index (κ3) is 2.59. The maximum absolute atomic E-state index is 11.2. The summed E-state index contributed by atoms with van der Waals surface area (Å²) in [5, 5.41) is 1.62. The summed E-state index contributed by atoms with van der Waals surface area (Å²) in [7, 11) is 0. The number of aromatic nitrogens is 1. The van der Waals surface area contributed by atoms with Crippen LogP contribution in [-0.2, 0) is 6.54 Å². The average Bonchev–Trinajstić information content (AvgIpc) is 2.80. The molecule has 3 rings (SSSR count). The Morgan fingerprint density at radius 1 is 1.14 bits per heavy atom. The molecule has 0 saturated carbocycles. The number of fused-ring (bicyclic) bond motifs is 1. The lowest BCUT2D eigenvalue weighted by molar-refractivity contribution is 0.112. The van der Waals surface area contributed by atoms with E-state index in [-0.39, 0.29) is 0 Å². The first kappa shape index (κ1) is 13.9. The molecular formula is C18H16ClNO. The van der Waals surface area contributed by atoms with Crippen LogP contribution in [0, 0.1) is 13.8 Å². The van der Waals surface area contributed by atoms with E-state index in [1.165, 1.54) is 16.7 Å². The molecule has 106 valence electrons. The molecule has 0 aliphatic rings. The summed E-state index contributed by atoms with van der Waals surface area (Å²) >= 11 is 6.10. The molecule has 0 fully saturated rings. The van der Waals surface area contributed by atoms with E-state index in [1.54, 1.807) is 0 Å². The lowest BCUT2D eigenvalue weighted by Crippen LogP contribution is -2.00. The standard InChI is InChI=1S/C18H16ClNO/c1-12-3-4-13(2)14(7-12)9-20-10-15(11-21)17-6-5-16(19)8-18(17)20/h3-8,10-11H,9H2,1-2H3. The Hall–Kier alpha value is -2.06. The molecule has 0 radical (unpaired) electrons. The molecule has 0 amide bonds. The molecule has 0 spiro atoms. The average molecular weight is 298 g/mol. The molecule has 0 bridgehead atoms. The van der Waals surface area contributed by atoms with Crippen molar-refractivity contribution in [1.82, 2.24) is 4.57 Å². The van der Waals surface area contributed by atoms with Gasteiger partial charge in [-0.15, -0.1) is 0 Å². The van der Waals surface area contributed by atoms with Gasteiger partial charge >= 0.3 is 0 Å². The molecule has 1 aromatic heterocycles. The third-order valence-electron chi connectivity index (χ3n) is 3.85. The van der Waals surface area contributed by atoms with E-state index in [0.29, 0.717) is 10.6 Å². The van der Waals surface area contributed by atoms with Gasteiger partial charge < -0.3 is 4.57 Å². The largest absolute Gasteiger partial charge is 0.342 e. The summed E-state index contributed by atoms with van der Waals surface area (Å²) < 4.78 is 2.09. The van der Waals surface area contributed by atoms with Crippen LogP contribution in [0.2, 0.25) is 5.02 Å². The van der Waals surface area contributed by atoms with Crippen LogP contribution in [0.4, 0.5) is 0 Å². The minimum Gasteiger partial charge on any atom is -0.342 e. The van der Waals surface area contributed by atoms with Gasteiger partial charge in [0.2, 0.25) is 0 Å². The first-order chi connectivity index (χ1) is 10.1. The maximum Gasteiger partial charge on any atom is 0.152 e. The predicted molar refractivity (Wildman–Crippen MR) is 87.4 cm³/mol. The Kier molecular flexibility index (Phi) is 3.56. The Labute approximate surface area is 129 Å². The Bertz CT molecular complexity index is 833. The van der Waals surface area contributed by atoms with E-state index >= 15 is 0 Å². The van der Waals surface area contributed by atoms with E-state index < -0.39 is 0 Å². The quantitative estimate of drug-likeness (QED) is 0.638. The van der Waals surface area contributed by atoms with Crippen LogP contribution in [0.1, 0.15) is 27.0 Å². The Balaban J connectivity index is 2.14. The monoisotopic (exact) mass is 297 g/mol. The minimum atomic E-state index is 0.681. The summed E-state index contributed by atoms with van der Waals surface area (Å²) in [6.07, 6.45) is 2.80. The zero-order valence-corrected chi connectivity index (χ0v) is 12.8. The first-order valence-electron chi connectivity index (χ1n) is 6.88. The van der Waals surface area contributed by atoms with E-state index in [2.05, 4.69) is 36.6 Å². The Morgan fingerprint density at radius 2 is 1.95 bits per heavy atom. The van der Waals surface area contributed by atoms with Crippen molar-refractivity contribution in [3.63, 3.8) is 0 Å². The van der Waals surface area contributed by atoms with Gasteiger partial charge in [-0.3, -0.25) is 4.79 Å². The van der Waals surface area contributed by atoms with Gasteiger partial charge in [-0.2, -0.15) is 0 Å². The number of benzene rings is 2. The molecule has 3 aromatic rings. The molecule has 0 atom stereocenters. The van der Waals surface area contributed by atoms with Crippen LogP contribution < -0.4 is 0 Å². The van der Waals surface area contributed by atoms with Crippen LogP contribution in [-0.4, -0.2) is 10.9 Å². The SMILES string of the molecule is Cc1ccc(C)c(Cn2cc(C=O)c3ccc(Cl)cc32)c1. The number of carbonyl (C=O) groups excluding carboxylic acids is 1. The van der Waals surface area contributed by atoms with Crippen molar-refractivity contribution in [2.24, 2.45) is 0 Å². The molecule has 0 N–H and O–H groups in total. The second-order valence-corrected chi connectivity index (χ2v) is 5.86. The second kappa shape index (κ2) is 5.38. The normalized spacial score (nSPS) is 11.0. The smallest absolute Gasteiger partial charge is 0.152 e. The van der Waals surface area contributed by atoms with E-state index in [1.807, 2.05) is 24.4 Å². The van der Waals surface area contributed by atoms with Crippen LogP contribution >= 0.6 is 11.6 Å². The summed E-state index contributed by atoms with van der Waals surface area (Å²) in [4.78, 5) is 11.2. The fourth-order valence-electron chi connectivity index (χ4n) is 2.67. The van der Waals surface area contributed by atoms with Crippen molar-refractivity contribution in [2.75, 3.05) is 0 Å². The first-order valence-corrected chi connectivity index (χ1v) is 7.26. The van der Waals surface area contributed by atoms with Crippen molar-refractivity contribution in [3.05, 3.63) is 69.9 Å². The van der Waals surface area contributed by atoms with Gasteiger partial charge in [0.15, 0.2) is 6.29 Å². The molecule has 0 aliphatic carbocycles. The van der Waals surface area contributed by atoms with Gasteiger partial charge in [0.05, 0.1) is 5.52 Å². The van der Waals surface area contributed by atoms with E-state index in [0.717, 1.165) is 23.7 Å². The topological polar surface area (TPSA) is 22.0 Å². The van der Waals surface area contributed by atoms with E-state index in [9.17, 15) is 4.79 Å². The number of nitrogens with zero attached hydrogens (tertiary/aromatic N) is 1. The summed E-state index contributed by atoms with van der Waals surface area (Å²) in [5.41, 5.74) is 5.43. The lowest BCUT2D eigenvalue weighted by Gasteiger charge is -2.10. The van der Waals surface area contributed by atoms with Crippen LogP contribution in [0.3, 0.4) is 0 Å². The number of hydrogen-bond donors (Lipinski definition) is 0. The second-order valence-electron chi connectivity index (χ2n) is 5.42. The van der Waals surface area contributed by atoms with Crippen LogP contribution in [0.5, 0.6) is 0 Å². The molecule has 0 saturated heterocycles. The fourth-order valence-corrected chi connectivity index (χ4v) is 2.84. The fraction of sp³-hybridized carbons (Fsp3) is 0.167. The van der Waals surface area contributed by atoms with Gasteiger partial charge in [0.25, 0.3) is 0 Å². The van der Waals surface area contributed by atoms with Gasteiger partial charge in [0, 0.05) is 28.7 Å². The van der Waals surface area contributed by atoms with Crippen LogP contribution in [0.25, 0.3) is 10.9 Å². The van der Waals surface area contributed by atoms with Crippen molar-refractivity contribution < 1.29 is 4.79 Å². The predicted octanol–water partition coefficient (Wildman–Crippen LogP) is 4.77. The van der Waals surface area contributed by atoms with Gasteiger partial charge in [-0.05, 0) is 37.1 Å². The van der Waals surface area contributed by atoms with Crippen LogP contribution in [0.15, 0.2) is 42.6 Å². The van der Waals surface area contributed by atoms with Gasteiger partial charge in [0.1, 0.15) is 0 Å². The number of halogens is 1.